The van der Waals surface area contributed by atoms with Crippen molar-refractivity contribution in [3.05, 3.63) is 95.6 Å². The van der Waals surface area contributed by atoms with E-state index in [9.17, 15) is 15.0 Å². The Hall–Kier alpha value is -3.77. The van der Waals surface area contributed by atoms with Gasteiger partial charge in [0, 0.05) is 13.1 Å². The number of rotatable bonds is 7. The first-order valence-electron chi connectivity index (χ1n) is 11.6. The summed E-state index contributed by atoms with van der Waals surface area (Å²) in [7, 11) is 0. The third kappa shape index (κ3) is 3.70. The van der Waals surface area contributed by atoms with E-state index in [1.807, 2.05) is 72.8 Å². The van der Waals surface area contributed by atoms with Crippen LogP contribution in [0.3, 0.4) is 0 Å². The van der Waals surface area contributed by atoms with E-state index in [2.05, 4.69) is 4.90 Å². The van der Waals surface area contributed by atoms with Crippen LogP contribution in [0.5, 0.6) is 11.7 Å². The average Bonchev–Trinajstić information content (AvgIpc) is 3.44. The highest BCUT2D eigenvalue weighted by atomic mass is 16.5. The lowest BCUT2D eigenvalue weighted by Gasteiger charge is -2.37. The molecule has 1 saturated heterocycles. The molecule has 1 amide bonds. The molecule has 0 radical (unpaired) electrons. The molecule has 0 spiro atoms. The van der Waals surface area contributed by atoms with Crippen LogP contribution in [0.4, 0.5) is 0 Å². The third-order valence-electron chi connectivity index (χ3n) is 7.16. The molecule has 0 bridgehead atoms. The fourth-order valence-corrected chi connectivity index (χ4v) is 5.48. The van der Waals surface area contributed by atoms with E-state index in [1.54, 1.807) is 6.07 Å². The number of carbonyl (C=O) groups excluding carboxylic acids is 1. The summed E-state index contributed by atoms with van der Waals surface area (Å²) in [6.45, 7) is 2.44. The zero-order valence-corrected chi connectivity index (χ0v) is 18.9. The van der Waals surface area contributed by atoms with Gasteiger partial charge in [0.15, 0.2) is 0 Å². The molecular weight excluding hydrogens is 428 g/mol. The van der Waals surface area contributed by atoms with Crippen LogP contribution in [0.2, 0.25) is 0 Å². The van der Waals surface area contributed by atoms with Crippen molar-refractivity contribution in [2.24, 2.45) is 11.7 Å². The van der Waals surface area contributed by atoms with Gasteiger partial charge < -0.3 is 25.3 Å². The molecule has 5 rings (SSSR count). The van der Waals surface area contributed by atoms with Gasteiger partial charge in [0.2, 0.25) is 11.7 Å². The maximum atomic E-state index is 13.2. The Kier molecular flexibility index (Phi) is 5.75. The minimum atomic E-state index is -0.893. The molecule has 6 heteroatoms. The predicted molar refractivity (Wildman–Crippen MR) is 131 cm³/mol. The third-order valence-corrected chi connectivity index (χ3v) is 7.16. The van der Waals surface area contributed by atoms with Gasteiger partial charge in [0.1, 0.15) is 11.0 Å². The Morgan fingerprint density at radius 2 is 1.65 bits per heavy atom. The standard InChI is InChI=1S/C28H28N2O4/c29-27(33)28(20-7-3-1-4-8-20,21-9-5-2-6-10-21)22-14-16-30(18-22)15-13-19-11-12-24-23(17-19)25(31)26(32)34-24/h1-12,17,22,31-32H,13-16,18H2,(H2,29,33). The zero-order valence-electron chi connectivity index (χ0n) is 18.9. The van der Waals surface area contributed by atoms with Gasteiger partial charge in [-0.05, 0) is 54.1 Å². The molecular formula is C28H28N2O4. The van der Waals surface area contributed by atoms with Crippen LogP contribution < -0.4 is 5.73 Å². The number of benzene rings is 3. The Balaban J connectivity index is 1.39. The molecule has 0 aliphatic carbocycles. The fourth-order valence-electron chi connectivity index (χ4n) is 5.48. The van der Waals surface area contributed by atoms with Gasteiger partial charge in [0.05, 0.1) is 5.39 Å². The lowest BCUT2D eigenvalue weighted by atomic mass is 9.64. The van der Waals surface area contributed by atoms with Crippen LogP contribution in [-0.4, -0.2) is 40.7 Å². The number of hydrogen-bond donors (Lipinski definition) is 3. The highest BCUT2D eigenvalue weighted by Crippen LogP contribution is 2.43. The van der Waals surface area contributed by atoms with Crippen molar-refractivity contribution < 1.29 is 19.4 Å². The van der Waals surface area contributed by atoms with Crippen LogP contribution in [-0.2, 0) is 16.6 Å². The lowest BCUT2D eigenvalue weighted by Crippen LogP contribution is -2.49. The van der Waals surface area contributed by atoms with Crippen LogP contribution in [0, 0.1) is 5.92 Å². The summed E-state index contributed by atoms with van der Waals surface area (Å²) in [6.07, 6.45) is 1.64. The predicted octanol–water partition coefficient (Wildman–Crippen LogP) is 4.18. The second-order valence-corrected chi connectivity index (χ2v) is 9.03. The van der Waals surface area contributed by atoms with Crippen molar-refractivity contribution in [3.63, 3.8) is 0 Å². The normalized spacial score (nSPS) is 16.8. The van der Waals surface area contributed by atoms with Gasteiger partial charge in [-0.2, -0.15) is 0 Å². The lowest BCUT2D eigenvalue weighted by molar-refractivity contribution is -0.123. The van der Waals surface area contributed by atoms with Gasteiger partial charge in [-0.1, -0.05) is 66.7 Å². The number of carbonyl (C=O) groups is 1. The monoisotopic (exact) mass is 456 g/mol. The van der Waals surface area contributed by atoms with E-state index >= 15 is 0 Å². The van der Waals surface area contributed by atoms with E-state index in [1.165, 1.54) is 0 Å². The molecule has 0 saturated carbocycles. The summed E-state index contributed by atoms with van der Waals surface area (Å²) < 4.78 is 5.14. The number of fused-ring (bicyclic) bond motifs is 1. The number of aromatic hydroxyl groups is 2. The molecule has 34 heavy (non-hydrogen) atoms. The maximum absolute atomic E-state index is 13.2. The first-order chi connectivity index (χ1) is 16.5. The van der Waals surface area contributed by atoms with Crippen molar-refractivity contribution in [2.45, 2.75) is 18.3 Å². The number of hydrogen-bond acceptors (Lipinski definition) is 5. The number of nitrogens with two attached hydrogens (primary N) is 1. The molecule has 6 nitrogen and oxygen atoms in total. The molecule has 2 heterocycles. The Labute approximate surface area is 198 Å². The first-order valence-corrected chi connectivity index (χ1v) is 11.6. The van der Waals surface area contributed by atoms with Crippen molar-refractivity contribution in [1.82, 2.24) is 4.90 Å². The summed E-state index contributed by atoms with van der Waals surface area (Å²) in [4.78, 5) is 15.6. The average molecular weight is 457 g/mol. The molecule has 3 aromatic carbocycles. The van der Waals surface area contributed by atoms with Crippen molar-refractivity contribution in [1.29, 1.82) is 0 Å². The molecule has 1 fully saturated rings. The Morgan fingerprint density at radius 3 is 2.26 bits per heavy atom. The molecule has 174 valence electrons. The molecule has 1 aromatic heterocycles. The second-order valence-electron chi connectivity index (χ2n) is 9.03. The smallest absolute Gasteiger partial charge is 0.327 e. The van der Waals surface area contributed by atoms with Crippen LogP contribution in [0.15, 0.2) is 83.3 Å². The number of furan rings is 1. The topological polar surface area (TPSA) is 99.9 Å². The number of amides is 1. The highest BCUT2D eigenvalue weighted by Gasteiger charge is 2.49. The highest BCUT2D eigenvalue weighted by molar-refractivity contribution is 5.91. The Bertz CT molecular complexity index is 1260. The van der Waals surface area contributed by atoms with Crippen molar-refractivity contribution in [2.75, 3.05) is 19.6 Å². The van der Waals surface area contributed by atoms with E-state index in [-0.39, 0.29) is 17.6 Å². The van der Waals surface area contributed by atoms with Gasteiger partial charge in [0.25, 0.3) is 0 Å². The SMILES string of the molecule is NC(=O)C(c1ccccc1)(c1ccccc1)C1CCN(CCc2ccc3oc(O)c(O)c3c2)C1. The summed E-state index contributed by atoms with van der Waals surface area (Å²) in [5, 5.41) is 20.1. The van der Waals surface area contributed by atoms with E-state index in [0.717, 1.165) is 49.2 Å². The quantitative estimate of drug-likeness (QED) is 0.387. The minimum absolute atomic E-state index is 0.0483. The summed E-state index contributed by atoms with van der Waals surface area (Å²) in [5.41, 5.74) is 8.65. The van der Waals surface area contributed by atoms with Gasteiger partial charge in [-0.15, -0.1) is 0 Å². The van der Waals surface area contributed by atoms with Crippen molar-refractivity contribution >= 4 is 16.9 Å². The molecule has 1 aliphatic rings. The fraction of sp³-hybridized carbons (Fsp3) is 0.250. The second kappa shape index (κ2) is 8.88. The van der Waals surface area contributed by atoms with E-state index in [4.69, 9.17) is 10.2 Å². The van der Waals surface area contributed by atoms with Crippen LogP contribution >= 0.6 is 0 Å². The molecule has 4 N–H and O–H groups in total. The van der Waals surface area contributed by atoms with Gasteiger partial charge >= 0.3 is 5.95 Å². The zero-order chi connectivity index (χ0) is 23.7. The maximum Gasteiger partial charge on any atom is 0.327 e. The minimum Gasteiger partial charge on any atom is -0.501 e. The molecule has 1 atom stereocenters. The molecule has 1 unspecified atom stereocenters. The van der Waals surface area contributed by atoms with Gasteiger partial charge in [-0.3, -0.25) is 4.79 Å². The number of likely N-dealkylation sites (tertiary alicyclic amines) is 1. The van der Waals surface area contributed by atoms with E-state index in [0.29, 0.717) is 11.0 Å². The van der Waals surface area contributed by atoms with Crippen LogP contribution in [0.1, 0.15) is 23.1 Å². The number of nitrogens with zero attached hydrogens (tertiary/aromatic N) is 1. The molecule has 4 aromatic rings. The Morgan fingerprint density at radius 1 is 1.00 bits per heavy atom. The van der Waals surface area contributed by atoms with Gasteiger partial charge in [-0.25, -0.2) is 0 Å². The van der Waals surface area contributed by atoms with E-state index < -0.39 is 11.4 Å². The summed E-state index contributed by atoms with van der Waals surface area (Å²) in [5.74, 6) is -0.959. The van der Waals surface area contributed by atoms with Crippen LogP contribution in [0.25, 0.3) is 11.0 Å². The largest absolute Gasteiger partial charge is 0.501 e. The number of primary amides is 1. The first kappa shape index (κ1) is 22.0. The van der Waals surface area contributed by atoms with Crippen molar-refractivity contribution in [3.8, 4) is 11.7 Å². The summed E-state index contributed by atoms with van der Waals surface area (Å²) in [6, 6.07) is 25.3. The summed E-state index contributed by atoms with van der Waals surface area (Å²) >= 11 is 0. The molecule has 1 aliphatic heterocycles.